The summed E-state index contributed by atoms with van der Waals surface area (Å²) in [6.07, 6.45) is 1.58. The van der Waals surface area contributed by atoms with Gasteiger partial charge in [-0.05, 0) is 36.6 Å². The number of hydrogen-bond donors (Lipinski definition) is 1. The fraction of sp³-hybridized carbons (Fsp3) is 0.391. The van der Waals surface area contributed by atoms with E-state index in [9.17, 15) is 14.4 Å². The van der Waals surface area contributed by atoms with Crippen LogP contribution in [0.1, 0.15) is 45.5 Å². The lowest BCUT2D eigenvalue weighted by Crippen LogP contribution is -2.30. The molecule has 2 aromatic heterocycles. The minimum Gasteiger partial charge on any atom is -0.493 e. The summed E-state index contributed by atoms with van der Waals surface area (Å²) in [6, 6.07) is 4.50. The SMILES string of the molecule is COC(=O)CC(NC(=O)c1sc2nc3n(c(=O)c2c1C)CCC3)c1ccc(OC)c(OC)c1. The Balaban J connectivity index is 1.70. The molecular formula is C23H25N3O6S. The zero-order valence-electron chi connectivity index (χ0n) is 18.9. The number of hydrogen-bond acceptors (Lipinski definition) is 8. The molecule has 33 heavy (non-hydrogen) atoms. The van der Waals surface area contributed by atoms with Gasteiger partial charge in [-0.2, -0.15) is 0 Å². The van der Waals surface area contributed by atoms with Crippen molar-refractivity contribution in [2.75, 3.05) is 21.3 Å². The Morgan fingerprint density at radius 1 is 1.21 bits per heavy atom. The van der Waals surface area contributed by atoms with Gasteiger partial charge >= 0.3 is 5.97 Å². The van der Waals surface area contributed by atoms with Crippen LogP contribution < -0.4 is 20.3 Å². The third-order valence-electron chi connectivity index (χ3n) is 5.83. The largest absolute Gasteiger partial charge is 0.493 e. The summed E-state index contributed by atoms with van der Waals surface area (Å²) in [5.74, 6) is 0.908. The number of esters is 1. The Morgan fingerprint density at radius 2 is 1.97 bits per heavy atom. The monoisotopic (exact) mass is 471 g/mol. The zero-order chi connectivity index (χ0) is 23.7. The van der Waals surface area contributed by atoms with Gasteiger partial charge < -0.3 is 19.5 Å². The number of methoxy groups -OCH3 is 3. The first-order valence-corrected chi connectivity index (χ1v) is 11.3. The number of nitrogens with zero attached hydrogens (tertiary/aromatic N) is 2. The first kappa shape index (κ1) is 22.8. The summed E-state index contributed by atoms with van der Waals surface area (Å²) in [4.78, 5) is 43.9. The van der Waals surface area contributed by atoms with E-state index in [1.165, 1.54) is 32.7 Å². The molecule has 0 saturated heterocycles. The number of fused-ring (bicyclic) bond motifs is 2. The van der Waals surface area contributed by atoms with Gasteiger partial charge in [0.05, 0.1) is 44.1 Å². The second-order valence-corrected chi connectivity index (χ2v) is 8.74. The lowest BCUT2D eigenvalue weighted by Gasteiger charge is -2.19. The van der Waals surface area contributed by atoms with Crippen molar-refractivity contribution in [2.24, 2.45) is 0 Å². The number of carbonyl (C=O) groups excluding carboxylic acids is 2. The molecule has 1 aromatic carbocycles. The number of amides is 1. The van der Waals surface area contributed by atoms with Crippen LogP contribution in [0.3, 0.4) is 0 Å². The van der Waals surface area contributed by atoms with Crippen LogP contribution in [0.15, 0.2) is 23.0 Å². The van der Waals surface area contributed by atoms with E-state index in [0.717, 1.165) is 18.7 Å². The number of ether oxygens (including phenoxy) is 3. The average Bonchev–Trinajstić information content (AvgIpc) is 3.42. The van der Waals surface area contributed by atoms with Crippen LogP contribution in [0.5, 0.6) is 11.5 Å². The maximum absolute atomic E-state index is 13.3. The Bertz CT molecular complexity index is 1300. The van der Waals surface area contributed by atoms with Crippen LogP contribution in [0.25, 0.3) is 10.2 Å². The van der Waals surface area contributed by atoms with Gasteiger partial charge in [-0.3, -0.25) is 19.0 Å². The third-order valence-corrected chi connectivity index (χ3v) is 7.02. The topological polar surface area (TPSA) is 109 Å². The van der Waals surface area contributed by atoms with Gasteiger partial charge in [0, 0.05) is 13.0 Å². The van der Waals surface area contributed by atoms with Gasteiger partial charge in [0.2, 0.25) is 0 Å². The molecule has 0 saturated carbocycles. The summed E-state index contributed by atoms with van der Waals surface area (Å²) in [5, 5.41) is 3.40. The number of carbonyl (C=O) groups is 2. The summed E-state index contributed by atoms with van der Waals surface area (Å²) >= 11 is 1.19. The Hall–Kier alpha value is -3.40. The number of benzene rings is 1. The first-order valence-electron chi connectivity index (χ1n) is 10.5. The minimum absolute atomic E-state index is 0.0726. The molecule has 1 atom stereocenters. The maximum atomic E-state index is 13.3. The van der Waals surface area contributed by atoms with E-state index >= 15 is 0 Å². The Labute approximate surface area is 194 Å². The van der Waals surface area contributed by atoms with Gasteiger partial charge in [0.1, 0.15) is 10.7 Å². The molecule has 0 aliphatic carbocycles. The highest BCUT2D eigenvalue weighted by atomic mass is 32.1. The van der Waals surface area contributed by atoms with Gasteiger partial charge in [0.15, 0.2) is 11.5 Å². The predicted octanol–water partition coefficient (Wildman–Crippen LogP) is 2.76. The fourth-order valence-electron chi connectivity index (χ4n) is 4.09. The molecule has 3 heterocycles. The Morgan fingerprint density at radius 3 is 2.67 bits per heavy atom. The highest BCUT2D eigenvalue weighted by Gasteiger charge is 2.26. The van der Waals surface area contributed by atoms with Crippen molar-refractivity contribution >= 4 is 33.4 Å². The van der Waals surface area contributed by atoms with Crippen LogP contribution in [-0.4, -0.2) is 42.8 Å². The van der Waals surface area contributed by atoms with Gasteiger partial charge in [-0.15, -0.1) is 11.3 Å². The van der Waals surface area contributed by atoms with Crippen LogP contribution in [0.4, 0.5) is 0 Å². The second kappa shape index (κ2) is 9.22. The molecule has 1 unspecified atom stereocenters. The van der Waals surface area contributed by atoms with Crippen LogP contribution in [0.2, 0.25) is 0 Å². The van der Waals surface area contributed by atoms with Gasteiger partial charge in [-0.1, -0.05) is 6.07 Å². The van der Waals surface area contributed by atoms with E-state index in [4.69, 9.17) is 14.2 Å². The Kier molecular flexibility index (Phi) is 6.37. The molecule has 0 radical (unpaired) electrons. The number of thiophene rings is 1. The predicted molar refractivity (Wildman–Crippen MR) is 123 cm³/mol. The van der Waals surface area contributed by atoms with Crippen LogP contribution >= 0.6 is 11.3 Å². The van der Waals surface area contributed by atoms with E-state index in [2.05, 4.69) is 10.3 Å². The molecule has 9 nitrogen and oxygen atoms in total. The molecule has 10 heteroatoms. The second-order valence-electron chi connectivity index (χ2n) is 7.75. The lowest BCUT2D eigenvalue weighted by molar-refractivity contribution is -0.141. The quantitative estimate of drug-likeness (QED) is 0.528. The molecule has 3 aromatic rings. The van der Waals surface area contributed by atoms with Crippen molar-refractivity contribution in [3.05, 3.63) is 50.4 Å². The average molecular weight is 472 g/mol. The van der Waals surface area contributed by atoms with Gasteiger partial charge in [-0.25, -0.2) is 4.98 Å². The standard InChI is InChI=1S/C23H25N3O6S/c1-12-19-22(25-17-6-5-9-26(17)23(19)29)33-20(12)21(28)24-14(11-18(27)32-4)13-7-8-15(30-2)16(10-13)31-3/h7-8,10,14H,5-6,9,11H2,1-4H3,(H,24,28). The molecule has 4 rings (SSSR count). The molecule has 1 amide bonds. The lowest BCUT2D eigenvalue weighted by atomic mass is 10.0. The van der Waals surface area contributed by atoms with Crippen LogP contribution in [0, 0.1) is 6.92 Å². The number of rotatable bonds is 7. The molecule has 1 aliphatic heterocycles. The molecule has 174 valence electrons. The van der Waals surface area contributed by atoms with Crippen molar-refractivity contribution in [3.63, 3.8) is 0 Å². The van der Waals surface area contributed by atoms with Crippen molar-refractivity contribution in [1.82, 2.24) is 14.9 Å². The maximum Gasteiger partial charge on any atom is 0.307 e. The first-order chi connectivity index (χ1) is 15.9. The van der Waals surface area contributed by atoms with Crippen LogP contribution in [-0.2, 0) is 22.5 Å². The van der Waals surface area contributed by atoms with Crippen molar-refractivity contribution in [2.45, 2.75) is 38.8 Å². The molecule has 0 fully saturated rings. The summed E-state index contributed by atoms with van der Waals surface area (Å²) < 4.78 is 17.2. The smallest absolute Gasteiger partial charge is 0.307 e. The van der Waals surface area contributed by atoms with Gasteiger partial charge in [0.25, 0.3) is 11.5 Å². The molecule has 0 spiro atoms. The van der Waals surface area contributed by atoms with E-state index in [0.29, 0.717) is 44.3 Å². The van der Waals surface area contributed by atoms with Crippen molar-refractivity contribution < 1.29 is 23.8 Å². The van der Waals surface area contributed by atoms with E-state index in [1.807, 2.05) is 0 Å². The molecule has 1 aliphatic rings. The number of aromatic nitrogens is 2. The fourth-order valence-corrected chi connectivity index (χ4v) is 5.18. The molecule has 1 N–H and O–H groups in total. The molecular weight excluding hydrogens is 446 g/mol. The summed E-state index contributed by atoms with van der Waals surface area (Å²) in [7, 11) is 4.34. The summed E-state index contributed by atoms with van der Waals surface area (Å²) in [6.45, 7) is 2.40. The molecule has 0 bridgehead atoms. The third kappa shape index (κ3) is 4.18. The summed E-state index contributed by atoms with van der Waals surface area (Å²) in [5.41, 5.74) is 1.14. The normalized spacial score (nSPS) is 13.5. The van der Waals surface area contributed by atoms with E-state index in [1.54, 1.807) is 29.7 Å². The highest BCUT2D eigenvalue weighted by Crippen LogP contribution is 2.33. The van der Waals surface area contributed by atoms with E-state index in [-0.39, 0.29) is 17.9 Å². The van der Waals surface area contributed by atoms with Crippen molar-refractivity contribution in [1.29, 1.82) is 0 Å². The zero-order valence-corrected chi connectivity index (χ0v) is 19.7. The van der Waals surface area contributed by atoms with E-state index < -0.39 is 12.0 Å². The van der Waals surface area contributed by atoms with Crippen molar-refractivity contribution in [3.8, 4) is 11.5 Å². The highest BCUT2D eigenvalue weighted by molar-refractivity contribution is 7.20. The number of nitrogens with one attached hydrogen (secondary N) is 1. The minimum atomic E-state index is -0.673. The number of aryl methyl sites for hydroxylation is 2.